The fourth-order valence-corrected chi connectivity index (χ4v) is 3.89. The Morgan fingerprint density at radius 2 is 1.58 bits per heavy atom. The minimum atomic E-state index is -0.366. The molecule has 0 spiro atoms. The number of benzene rings is 1. The highest BCUT2D eigenvalue weighted by molar-refractivity contribution is 5.95. The van der Waals surface area contributed by atoms with Gasteiger partial charge in [-0.3, -0.25) is 0 Å². The molecule has 0 aliphatic heterocycles. The van der Waals surface area contributed by atoms with Gasteiger partial charge < -0.3 is 18.6 Å². The normalized spacial score (nSPS) is 15.5. The van der Waals surface area contributed by atoms with Gasteiger partial charge in [-0.15, -0.1) is 0 Å². The Hall–Kier alpha value is -2.17. The zero-order chi connectivity index (χ0) is 17.3. The Kier molecular flexibility index (Phi) is 4.69. The second kappa shape index (κ2) is 6.75. The summed E-state index contributed by atoms with van der Waals surface area (Å²) in [7, 11) is 4.75. The Labute approximate surface area is 141 Å². The van der Waals surface area contributed by atoms with Crippen molar-refractivity contribution in [3.8, 4) is 17.2 Å². The minimum absolute atomic E-state index is 0.344. The van der Waals surface area contributed by atoms with E-state index in [4.69, 9.17) is 18.6 Å². The standard InChI is InChI=1S/C19H24O5/c1-11-16(21-2)15-13(12-8-6-5-7-9-12)10-14(20)24-18(15)19(23-4)17(11)22-3/h10,12H,5-9H2,1-4H3. The molecule has 1 aliphatic rings. The van der Waals surface area contributed by atoms with Gasteiger partial charge in [0.05, 0.1) is 26.7 Å². The average Bonchev–Trinajstić information content (AvgIpc) is 2.61. The van der Waals surface area contributed by atoms with Crippen LogP contribution in [0, 0.1) is 6.92 Å². The van der Waals surface area contributed by atoms with Crippen molar-refractivity contribution >= 4 is 11.0 Å². The van der Waals surface area contributed by atoms with E-state index in [1.54, 1.807) is 27.4 Å². The molecule has 1 aromatic carbocycles. The third-order valence-electron chi connectivity index (χ3n) is 4.97. The summed E-state index contributed by atoms with van der Waals surface area (Å²) in [6.07, 6.45) is 5.77. The van der Waals surface area contributed by atoms with Gasteiger partial charge >= 0.3 is 5.63 Å². The van der Waals surface area contributed by atoms with E-state index in [0.717, 1.165) is 29.4 Å². The molecule has 2 aromatic rings. The lowest BCUT2D eigenvalue weighted by Crippen LogP contribution is -2.11. The predicted molar refractivity (Wildman–Crippen MR) is 92.7 cm³/mol. The molecule has 1 fully saturated rings. The van der Waals surface area contributed by atoms with Gasteiger partial charge in [0.15, 0.2) is 11.3 Å². The van der Waals surface area contributed by atoms with Crippen LogP contribution in [0.4, 0.5) is 0 Å². The first-order valence-corrected chi connectivity index (χ1v) is 8.38. The molecule has 0 bridgehead atoms. The first kappa shape index (κ1) is 16.7. The molecule has 0 atom stereocenters. The van der Waals surface area contributed by atoms with Gasteiger partial charge in [-0.1, -0.05) is 19.3 Å². The van der Waals surface area contributed by atoms with Crippen molar-refractivity contribution in [3.05, 3.63) is 27.6 Å². The molecule has 1 aromatic heterocycles. The van der Waals surface area contributed by atoms with Gasteiger partial charge in [0, 0.05) is 11.6 Å². The van der Waals surface area contributed by atoms with Gasteiger partial charge in [0.25, 0.3) is 0 Å². The fraction of sp³-hybridized carbons (Fsp3) is 0.526. The van der Waals surface area contributed by atoms with Crippen molar-refractivity contribution in [1.82, 2.24) is 0 Å². The topological polar surface area (TPSA) is 57.9 Å². The lowest BCUT2D eigenvalue weighted by molar-refractivity contribution is 0.343. The van der Waals surface area contributed by atoms with Crippen LogP contribution in [-0.2, 0) is 0 Å². The Balaban J connectivity index is 2.40. The van der Waals surface area contributed by atoms with Gasteiger partial charge in [0.2, 0.25) is 5.75 Å². The fourth-order valence-electron chi connectivity index (χ4n) is 3.89. The highest BCUT2D eigenvalue weighted by atomic mass is 16.5. The molecular formula is C19H24O5. The van der Waals surface area contributed by atoms with Crippen molar-refractivity contribution in [2.24, 2.45) is 0 Å². The highest BCUT2D eigenvalue weighted by Gasteiger charge is 2.27. The summed E-state index contributed by atoms with van der Waals surface area (Å²) >= 11 is 0. The van der Waals surface area contributed by atoms with E-state index in [2.05, 4.69) is 0 Å². The maximum Gasteiger partial charge on any atom is 0.336 e. The van der Waals surface area contributed by atoms with Crippen LogP contribution >= 0.6 is 0 Å². The summed E-state index contributed by atoms with van der Waals surface area (Å²) in [5, 5.41) is 0.833. The smallest absolute Gasteiger partial charge is 0.336 e. The molecule has 0 unspecified atom stereocenters. The van der Waals surface area contributed by atoms with Crippen molar-refractivity contribution < 1.29 is 18.6 Å². The first-order chi connectivity index (χ1) is 11.6. The maximum atomic E-state index is 12.2. The quantitative estimate of drug-likeness (QED) is 0.786. The summed E-state index contributed by atoms with van der Waals surface area (Å²) in [6, 6.07) is 1.62. The molecule has 24 heavy (non-hydrogen) atoms. The van der Waals surface area contributed by atoms with Crippen LogP contribution in [0.25, 0.3) is 11.0 Å². The van der Waals surface area contributed by atoms with E-state index < -0.39 is 0 Å². The van der Waals surface area contributed by atoms with Crippen LogP contribution in [0.1, 0.15) is 49.1 Å². The molecular weight excluding hydrogens is 308 g/mol. The molecule has 5 heteroatoms. The highest BCUT2D eigenvalue weighted by Crippen LogP contribution is 2.48. The molecule has 0 radical (unpaired) electrons. The van der Waals surface area contributed by atoms with Crippen LogP contribution in [-0.4, -0.2) is 21.3 Å². The molecule has 3 rings (SSSR count). The van der Waals surface area contributed by atoms with Crippen LogP contribution in [0.2, 0.25) is 0 Å². The molecule has 130 valence electrons. The molecule has 1 aliphatic carbocycles. The molecule has 1 saturated carbocycles. The van der Waals surface area contributed by atoms with Crippen molar-refractivity contribution in [2.45, 2.75) is 44.9 Å². The lowest BCUT2D eigenvalue weighted by Gasteiger charge is -2.25. The van der Waals surface area contributed by atoms with Crippen LogP contribution in [0.5, 0.6) is 17.2 Å². The summed E-state index contributed by atoms with van der Waals surface area (Å²) in [5.41, 5.74) is 1.89. The van der Waals surface area contributed by atoms with Crippen LogP contribution < -0.4 is 19.8 Å². The maximum absolute atomic E-state index is 12.2. The number of rotatable bonds is 4. The first-order valence-electron chi connectivity index (χ1n) is 8.38. The zero-order valence-corrected chi connectivity index (χ0v) is 14.7. The SMILES string of the molecule is COc1c(C)c(OC)c2c(C3CCCCC3)cc(=O)oc2c1OC. The summed E-state index contributed by atoms with van der Waals surface area (Å²) in [4.78, 5) is 12.2. The third kappa shape index (κ3) is 2.62. The van der Waals surface area contributed by atoms with Gasteiger partial charge in [-0.2, -0.15) is 0 Å². The molecule has 0 N–H and O–H groups in total. The van der Waals surface area contributed by atoms with E-state index in [-0.39, 0.29) is 5.63 Å². The summed E-state index contributed by atoms with van der Waals surface area (Å²) in [6.45, 7) is 1.93. The Bertz CT molecular complexity index is 800. The Morgan fingerprint density at radius 3 is 2.17 bits per heavy atom. The van der Waals surface area contributed by atoms with Crippen molar-refractivity contribution in [1.29, 1.82) is 0 Å². The van der Waals surface area contributed by atoms with E-state index >= 15 is 0 Å². The second-order valence-electron chi connectivity index (χ2n) is 6.28. The Morgan fingerprint density at radius 1 is 0.958 bits per heavy atom. The van der Waals surface area contributed by atoms with Crippen molar-refractivity contribution in [3.63, 3.8) is 0 Å². The largest absolute Gasteiger partial charge is 0.496 e. The number of hydrogen-bond donors (Lipinski definition) is 0. The zero-order valence-electron chi connectivity index (χ0n) is 14.7. The molecule has 5 nitrogen and oxygen atoms in total. The average molecular weight is 332 g/mol. The van der Waals surface area contributed by atoms with E-state index in [1.165, 1.54) is 19.3 Å². The number of fused-ring (bicyclic) bond motifs is 1. The van der Waals surface area contributed by atoms with Gasteiger partial charge in [-0.05, 0) is 31.2 Å². The lowest BCUT2D eigenvalue weighted by atomic mass is 9.82. The number of methoxy groups -OCH3 is 3. The second-order valence-corrected chi connectivity index (χ2v) is 6.28. The summed E-state index contributed by atoms with van der Waals surface area (Å²) in [5.74, 6) is 2.01. The van der Waals surface area contributed by atoms with E-state index in [1.807, 2.05) is 6.92 Å². The minimum Gasteiger partial charge on any atom is -0.496 e. The van der Waals surface area contributed by atoms with E-state index in [0.29, 0.717) is 28.7 Å². The van der Waals surface area contributed by atoms with Gasteiger partial charge in [0.1, 0.15) is 5.75 Å². The van der Waals surface area contributed by atoms with E-state index in [9.17, 15) is 4.79 Å². The van der Waals surface area contributed by atoms with Crippen molar-refractivity contribution in [2.75, 3.05) is 21.3 Å². The summed E-state index contributed by atoms with van der Waals surface area (Å²) < 4.78 is 22.2. The molecule has 1 heterocycles. The predicted octanol–water partition coefficient (Wildman–Crippen LogP) is 4.17. The number of hydrogen-bond acceptors (Lipinski definition) is 5. The van der Waals surface area contributed by atoms with Crippen LogP contribution in [0.15, 0.2) is 15.3 Å². The molecule has 0 saturated heterocycles. The van der Waals surface area contributed by atoms with Crippen LogP contribution in [0.3, 0.4) is 0 Å². The third-order valence-corrected chi connectivity index (χ3v) is 4.97. The monoisotopic (exact) mass is 332 g/mol. The number of ether oxygens (including phenoxy) is 3. The van der Waals surface area contributed by atoms with Gasteiger partial charge in [-0.25, -0.2) is 4.79 Å². The molecule has 0 amide bonds.